The first-order chi connectivity index (χ1) is 18.7. The van der Waals surface area contributed by atoms with E-state index in [1.807, 2.05) is 0 Å². The minimum Gasteiger partial charge on any atom is -0.368 e. The molecular weight excluding hydrogens is 596 g/mol. The van der Waals surface area contributed by atoms with Gasteiger partial charge in [0.2, 0.25) is 5.91 Å². The van der Waals surface area contributed by atoms with E-state index < -0.39 is 67.3 Å². The van der Waals surface area contributed by atoms with E-state index in [4.69, 9.17) is 28.9 Å². The number of carbonyl (C=O) groups excluding carboxylic acids is 1. The summed E-state index contributed by atoms with van der Waals surface area (Å²) in [5.41, 5.74) is 1.44. The molecule has 0 spiro atoms. The molecule has 1 saturated heterocycles. The maximum atomic E-state index is 14.3. The highest BCUT2D eigenvalue weighted by Crippen LogP contribution is 2.39. The molecule has 1 atom stereocenters. The normalized spacial score (nSPS) is 16.9. The zero-order valence-corrected chi connectivity index (χ0v) is 23.5. The molecule has 0 aliphatic carbocycles. The van der Waals surface area contributed by atoms with Crippen LogP contribution in [0, 0.1) is 0 Å². The second kappa shape index (κ2) is 11.2. The van der Waals surface area contributed by atoms with Gasteiger partial charge in [-0.05, 0) is 54.8 Å². The highest BCUT2D eigenvalue weighted by molar-refractivity contribution is 7.91. The van der Waals surface area contributed by atoms with Gasteiger partial charge in [0, 0.05) is 11.6 Å². The largest absolute Gasteiger partial charge is 0.416 e. The van der Waals surface area contributed by atoms with Crippen LogP contribution in [0.5, 0.6) is 0 Å². The van der Waals surface area contributed by atoms with Gasteiger partial charge in [0.15, 0.2) is 9.84 Å². The molecule has 0 radical (unpaired) electrons. The number of aromatic amines is 1. The summed E-state index contributed by atoms with van der Waals surface area (Å²) in [4.78, 5) is 42.1. The molecule has 15 heteroatoms. The molecule has 0 unspecified atom stereocenters. The molecule has 1 aliphatic heterocycles. The molecule has 4 rings (SSSR count). The molecule has 2 heterocycles. The Morgan fingerprint density at radius 2 is 1.85 bits per heavy atom. The van der Waals surface area contributed by atoms with Gasteiger partial charge in [0.1, 0.15) is 0 Å². The molecule has 40 heavy (non-hydrogen) atoms. The number of halogens is 5. The predicted octanol–water partition coefficient (Wildman–Crippen LogP) is 3.70. The molecule has 2 aromatic carbocycles. The van der Waals surface area contributed by atoms with Crippen LogP contribution in [0.4, 0.5) is 13.2 Å². The van der Waals surface area contributed by atoms with Crippen molar-refractivity contribution >= 4 is 49.8 Å². The number of nitrogens with zero attached hydrogens (tertiary/aromatic N) is 2. The van der Waals surface area contributed by atoms with Crippen molar-refractivity contribution in [3.8, 4) is 0 Å². The molecule has 3 aromatic rings. The topological polar surface area (TPSA) is 135 Å². The third-order valence-corrected chi connectivity index (χ3v) is 9.48. The average molecular weight is 621 g/mol. The summed E-state index contributed by atoms with van der Waals surface area (Å²) in [6, 6.07) is 3.66. The number of sulfone groups is 1. The number of rotatable bonds is 7. The van der Waals surface area contributed by atoms with Crippen molar-refractivity contribution in [3.05, 3.63) is 71.8 Å². The van der Waals surface area contributed by atoms with E-state index in [2.05, 4.69) is 4.98 Å². The van der Waals surface area contributed by atoms with Crippen LogP contribution < -0.4 is 17.0 Å². The molecule has 1 fully saturated rings. The predicted molar refractivity (Wildman–Crippen MR) is 144 cm³/mol. The summed E-state index contributed by atoms with van der Waals surface area (Å²) >= 11 is 12.4. The van der Waals surface area contributed by atoms with Crippen LogP contribution >= 0.6 is 23.2 Å². The molecule has 0 saturated carbocycles. The van der Waals surface area contributed by atoms with E-state index in [0.717, 1.165) is 0 Å². The van der Waals surface area contributed by atoms with Gasteiger partial charge < -0.3 is 10.7 Å². The molecule has 1 aliphatic rings. The van der Waals surface area contributed by atoms with E-state index in [1.54, 1.807) is 0 Å². The number of H-pyrrole nitrogens is 1. The number of carbonyl (C=O) groups is 1. The Morgan fingerprint density at radius 3 is 2.48 bits per heavy atom. The van der Waals surface area contributed by atoms with E-state index in [-0.39, 0.29) is 33.3 Å². The number of piperidine rings is 1. The summed E-state index contributed by atoms with van der Waals surface area (Å²) in [6.45, 7) is 0.758. The van der Waals surface area contributed by atoms with Crippen molar-refractivity contribution in [2.45, 2.75) is 56.4 Å². The highest BCUT2D eigenvalue weighted by Gasteiger charge is 2.38. The third-order valence-electron chi connectivity index (χ3n) is 7.00. The van der Waals surface area contributed by atoms with Crippen LogP contribution in [0.3, 0.4) is 0 Å². The number of hydrogen-bond donors (Lipinski definition) is 2. The van der Waals surface area contributed by atoms with Crippen molar-refractivity contribution < 1.29 is 26.4 Å². The molecule has 9 nitrogen and oxygen atoms in total. The van der Waals surface area contributed by atoms with Gasteiger partial charge in [-0.2, -0.15) is 13.2 Å². The van der Waals surface area contributed by atoms with Crippen LogP contribution in [-0.2, 0) is 33.9 Å². The molecule has 0 bridgehead atoms. The summed E-state index contributed by atoms with van der Waals surface area (Å²) < 4.78 is 68.5. The van der Waals surface area contributed by atoms with Gasteiger partial charge in [-0.25, -0.2) is 13.2 Å². The maximum Gasteiger partial charge on any atom is 0.416 e. The van der Waals surface area contributed by atoms with E-state index in [9.17, 15) is 36.0 Å². The van der Waals surface area contributed by atoms with E-state index in [1.165, 1.54) is 30.0 Å². The number of alkyl halides is 3. The number of nitrogens with two attached hydrogens (primary N) is 1. The Hall–Kier alpha value is -2.87. The second-order valence-corrected chi connectivity index (χ2v) is 12.6. The van der Waals surface area contributed by atoms with Crippen LogP contribution in [0.1, 0.15) is 42.9 Å². The Morgan fingerprint density at radius 1 is 1.15 bits per heavy atom. The monoisotopic (exact) mass is 620 g/mol. The lowest BCUT2D eigenvalue weighted by Crippen LogP contribution is -2.47. The zero-order chi connectivity index (χ0) is 29.6. The lowest BCUT2D eigenvalue weighted by molar-refractivity contribution is -0.138. The Kier molecular flexibility index (Phi) is 8.42. The van der Waals surface area contributed by atoms with Crippen molar-refractivity contribution in [2.75, 3.05) is 12.3 Å². The van der Waals surface area contributed by atoms with Crippen molar-refractivity contribution in [1.29, 1.82) is 0 Å². The first-order valence-electron chi connectivity index (χ1n) is 12.3. The van der Waals surface area contributed by atoms with E-state index >= 15 is 0 Å². The fraction of sp³-hybridized carbons (Fsp3) is 0.400. The first kappa shape index (κ1) is 30.1. The number of nitrogens with one attached hydrogen (secondary N) is 1. The average Bonchev–Trinajstić information content (AvgIpc) is 2.87. The summed E-state index contributed by atoms with van der Waals surface area (Å²) in [6.07, 6.45) is -3.24. The minimum atomic E-state index is -4.94. The standard InChI is InChI=1S/C25H25Cl2F3N4O5S/c1-2-40(38,39)19-7-6-14(26)9-13(19)11-34-23(36)15-10-17(25(28,29)30)16(20(27)21(15)32-24(34)37)12-33-8-4-3-5-18(33)22(31)35/h6-7,9-10,18H,2-5,8,11-12H2,1H3,(H2,31,35)(H,32,37)/t18-/m0/s1. The summed E-state index contributed by atoms with van der Waals surface area (Å²) in [5.74, 6) is -0.946. The van der Waals surface area contributed by atoms with Crippen LogP contribution in [0.25, 0.3) is 10.9 Å². The quantitative estimate of drug-likeness (QED) is 0.413. The minimum absolute atomic E-state index is 0.0163. The van der Waals surface area contributed by atoms with Crippen LogP contribution in [0.2, 0.25) is 10.0 Å². The lowest BCUT2D eigenvalue weighted by Gasteiger charge is -2.34. The van der Waals surface area contributed by atoms with Gasteiger partial charge in [0.05, 0.1) is 44.7 Å². The Bertz CT molecular complexity index is 1720. The number of likely N-dealkylation sites (tertiary alicyclic amines) is 1. The molecule has 216 valence electrons. The fourth-order valence-corrected chi connectivity index (χ4v) is 6.57. The number of primary amides is 1. The first-order valence-corrected chi connectivity index (χ1v) is 14.7. The zero-order valence-electron chi connectivity index (χ0n) is 21.1. The van der Waals surface area contributed by atoms with Gasteiger partial charge >= 0.3 is 11.9 Å². The Labute approximate surface area is 236 Å². The smallest absolute Gasteiger partial charge is 0.368 e. The van der Waals surface area contributed by atoms with Gasteiger partial charge in [-0.3, -0.25) is 19.1 Å². The maximum absolute atomic E-state index is 14.3. The summed E-state index contributed by atoms with van der Waals surface area (Å²) in [7, 11) is -3.79. The summed E-state index contributed by atoms with van der Waals surface area (Å²) in [5, 5.41) is -0.876. The second-order valence-electron chi connectivity index (χ2n) is 9.50. The van der Waals surface area contributed by atoms with Crippen molar-refractivity contribution in [1.82, 2.24) is 14.5 Å². The van der Waals surface area contributed by atoms with E-state index in [0.29, 0.717) is 36.4 Å². The number of fused-ring (bicyclic) bond motifs is 1. The molecular formula is C25H25Cl2F3N4O5S. The van der Waals surface area contributed by atoms with Gasteiger partial charge in [0.25, 0.3) is 5.56 Å². The number of aromatic nitrogens is 2. The Balaban J connectivity index is 1.91. The van der Waals surface area contributed by atoms with Crippen LogP contribution in [-0.4, -0.2) is 47.1 Å². The van der Waals surface area contributed by atoms with Gasteiger partial charge in [-0.1, -0.05) is 36.5 Å². The SMILES string of the molecule is CCS(=O)(=O)c1ccc(Cl)cc1Cn1c(=O)[nH]c2c(Cl)c(CN3CCCC[C@H]3C(N)=O)c(C(F)(F)F)cc2c1=O. The number of amides is 1. The van der Waals surface area contributed by atoms with Gasteiger partial charge in [-0.15, -0.1) is 0 Å². The van der Waals surface area contributed by atoms with Crippen LogP contribution in [0.15, 0.2) is 38.8 Å². The highest BCUT2D eigenvalue weighted by atomic mass is 35.5. The lowest BCUT2D eigenvalue weighted by atomic mass is 9.98. The molecule has 1 amide bonds. The fourth-order valence-electron chi connectivity index (χ4n) is 4.95. The van der Waals surface area contributed by atoms with Crippen molar-refractivity contribution in [2.24, 2.45) is 5.73 Å². The third kappa shape index (κ3) is 5.78. The number of benzene rings is 2. The number of hydrogen-bond acceptors (Lipinski definition) is 6. The van der Waals surface area contributed by atoms with Crippen molar-refractivity contribution in [3.63, 3.8) is 0 Å². The molecule has 3 N–H and O–H groups in total. The molecule has 1 aromatic heterocycles.